The normalized spacial score (nSPS) is 18.6. The van der Waals surface area contributed by atoms with Crippen molar-refractivity contribution in [2.24, 2.45) is 0 Å². The van der Waals surface area contributed by atoms with Gasteiger partial charge < -0.3 is 18.9 Å². The van der Waals surface area contributed by atoms with Crippen LogP contribution in [-0.4, -0.2) is 45.0 Å². The first kappa shape index (κ1) is 21.3. The van der Waals surface area contributed by atoms with Crippen LogP contribution in [0.5, 0.6) is 0 Å². The zero-order valence-corrected chi connectivity index (χ0v) is 17.1. The molecule has 2 rings (SSSR count). The molecular weight excluding hydrogens is 343 g/mol. The van der Waals surface area contributed by atoms with Crippen LogP contribution in [0.3, 0.4) is 0 Å². The van der Waals surface area contributed by atoms with Crippen molar-refractivity contribution < 1.29 is 18.8 Å². The number of hydrogen-bond acceptors (Lipinski definition) is 6. The third kappa shape index (κ3) is 4.82. The van der Waals surface area contributed by atoms with Crippen LogP contribution in [0.4, 0.5) is 5.69 Å². The maximum absolute atomic E-state index is 12.0. The zero-order valence-electron chi connectivity index (χ0n) is 17.1. The van der Waals surface area contributed by atoms with E-state index in [0.29, 0.717) is 13.0 Å². The summed E-state index contributed by atoms with van der Waals surface area (Å²) in [5.41, 5.74) is 1.03. The van der Waals surface area contributed by atoms with E-state index in [4.69, 9.17) is 19.3 Å². The van der Waals surface area contributed by atoms with Crippen LogP contribution in [0.25, 0.3) is 0 Å². The van der Waals surface area contributed by atoms with Crippen molar-refractivity contribution in [3.05, 3.63) is 29.8 Å². The summed E-state index contributed by atoms with van der Waals surface area (Å²) in [4.78, 5) is 14.0. The molecular formula is C20H29BN2O4. The number of ether oxygens (including phenoxy) is 1. The molecule has 6 nitrogen and oxygen atoms in total. The lowest BCUT2D eigenvalue weighted by molar-refractivity contribution is -0.140. The highest BCUT2D eigenvalue weighted by Gasteiger charge is 2.54. The minimum Gasteiger partial charge on any atom is -0.469 e. The van der Waals surface area contributed by atoms with Gasteiger partial charge in [0, 0.05) is 25.1 Å². The Kier molecular flexibility index (Phi) is 6.56. The smallest absolute Gasteiger partial charge is 0.466 e. The summed E-state index contributed by atoms with van der Waals surface area (Å²) in [7, 11) is 2.81. The molecule has 1 aromatic rings. The number of anilines is 1. The maximum atomic E-state index is 12.0. The number of methoxy groups -OCH3 is 1. The molecule has 1 fully saturated rings. The Morgan fingerprint density at radius 2 is 1.78 bits per heavy atom. The lowest BCUT2D eigenvalue weighted by Gasteiger charge is -2.32. The largest absolute Gasteiger partial charge is 0.469 e. The van der Waals surface area contributed by atoms with E-state index in [1.165, 1.54) is 7.11 Å². The van der Waals surface area contributed by atoms with Gasteiger partial charge in [-0.2, -0.15) is 5.26 Å². The van der Waals surface area contributed by atoms with E-state index in [9.17, 15) is 4.79 Å². The lowest BCUT2D eigenvalue weighted by atomic mass is 9.66. The first-order valence-electron chi connectivity index (χ1n) is 9.22. The number of rotatable bonds is 7. The Bertz CT molecular complexity index is 681. The second-order valence-corrected chi connectivity index (χ2v) is 7.93. The quantitative estimate of drug-likeness (QED) is 0.540. The average Bonchev–Trinajstić information content (AvgIpc) is 2.84. The van der Waals surface area contributed by atoms with Gasteiger partial charge in [0.1, 0.15) is 0 Å². The molecule has 27 heavy (non-hydrogen) atoms. The van der Waals surface area contributed by atoms with Gasteiger partial charge in [0.05, 0.1) is 37.2 Å². The Hall–Kier alpha value is -2.04. The van der Waals surface area contributed by atoms with Gasteiger partial charge in [0.2, 0.25) is 0 Å². The highest BCUT2D eigenvalue weighted by molar-refractivity contribution is 6.48. The van der Waals surface area contributed by atoms with Crippen molar-refractivity contribution in [2.45, 2.75) is 57.6 Å². The summed E-state index contributed by atoms with van der Waals surface area (Å²) in [5.74, 6) is -0.568. The number of carbonyl (C=O) groups is 1. The third-order valence-electron chi connectivity index (χ3n) is 5.54. The second kappa shape index (κ2) is 8.32. The molecule has 0 amide bonds. The zero-order chi connectivity index (χ0) is 20.2. The van der Waals surface area contributed by atoms with Crippen LogP contribution in [0.1, 0.15) is 51.9 Å². The van der Waals surface area contributed by atoms with E-state index in [2.05, 4.69) is 6.07 Å². The standard InChI is InChI=1S/C20H29BN2O4/c1-19(2)20(3,4)27-21(26-19)17(14-18(24)25-6)15-8-10-16(11-9-15)23(5)13-7-12-22/h8-11,17H,7,13-14H2,1-6H3. The molecule has 0 saturated carbocycles. The van der Waals surface area contributed by atoms with Gasteiger partial charge in [0.15, 0.2) is 0 Å². The molecule has 1 heterocycles. The number of hydrogen-bond donors (Lipinski definition) is 0. The number of esters is 1. The highest BCUT2D eigenvalue weighted by Crippen LogP contribution is 2.42. The van der Waals surface area contributed by atoms with Crippen molar-refractivity contribution in [3.8, 4) is 6.07 Å². The van der Waals surface area contributed by atoms with Crippen molar-refractivity contribution in [2.75, 3.05) is 25.6 Å². The fourth-order valence-corrected chi connectivity index (χ4v) is 3.01. The molecule has 0 radical (unpaired) electrons. The molecule has 0 bridgehead atoms. The molecule has 1 unspecified atom stereocenters. The third-order valence-corrected chi connectivity index (χ3v) is 5.54. The Balaban J connectivity index is 2.25. The molecule has 0 aliphatic carbocycles. The summed E-state index contributed by atoms with van der Waals surface area (Å²) in [6, 6.07) is 10.1. The van der Waals surface area contributed by atoms with Crippen molar-refractivity contribution in [1.29, 1.82) is 5.26 Å². The number of nitrogens with zero attached hydrogens (tertiary/aromatic N) is 2. The molecule has 0 spiro atoms. The van der Waals surface area contributed by atoms with E-state index in [1.54, 1.807) is 0 Å². The molecule has 1 aromatic carbocycles. The fraction of sp³-hybridized carbons (Fsp3) is 0.600. The van der Waals surface area contributed by atoms with E-state index < -0.39 is 18.3 Å². The molecule has 1 aliphatic rings. The summed E-state index contributed by atoms with van der Waals surface area (Å²) in [5, 5.41) is 8.74. The molecule has 7 heteroatoms. The van der Waals surface area contributed by atoms with Gasteiger partial charge in [-0.1, -0.05) is 12.1 Å². The number of benzene rings is 1. The average molecular weight is 372 g/mol. The molecule has 0 aromatic heterocycles. The predicted molar refractivity (Wildman–Crippen MR) is 105 cm³/mol. The van der Waals surface area contributed by atoms with E-state index in [-0.39, 0.29) is 18.2 Å². The van der Waals surface area contributed by atoms with Crippen LogP contribution >= 0.6 is 0 Å². The summed E-state index contributed by atoms with van der Waals surface area (Å²) in [6.45, 7) is 8.65. The van der Waals surface area contributed by atoms with Crippen molar-refractivity contribution in [3.63, 3.8) is 0 Å². The van der Waals surface area contributed by atoms with Gasteiger partial charge in [-0.25, -0.2) is 0 Å². The first-order valence-corrected chi connectivity index (χ1v) is 9.22. The molecule has 146 valence electrons. The summed E-state index contributed by atoms with van der Waals surface area (Å²) < 4.78 is 17.2. The van der Waals surface area contributed by atoms with Crippen LogP contribution in [0.15, 0.2) is 24.3 Å². The second-order valence-electron chi connectivity index (χ2n) is 7.93. The maximum Gasteiger partial charge on any atom is 0.466 e. The van der Waals surface area contributed by atoms with Crippen LogP contribution in [0.2, 0.25) is 0 Å². The summed E-state index contributed by atoms with van der Waals surface area (Å²) >= 11 is 0. The first-order chi connectivity index (χ1) is 12.6. The minimum atomic E-state index is -0.531. The Labute approximate surface area is 162 Å². The number of nitriles is 1. The predicted octanol–water partition coefficient (Wildman–Crippen LogP) is 3.31. The van der Waals surface area contributed by atoms with Crippen molar-refractivity contribution >= 4 is 18.8 Å². The lowest BCUT2D eigenvalue weighted by Crippen LogP contribution is -2.41. The Morgan fingerprint density at radius 1 is 1.22 bits per heavy atom. The molecule has 0 N–H and O–H groups in total. The molecule has 1 aliphatic heterocycles. The fourth-order valence-electron chi connectivity index (χ4n) is 3.01. The van der Waals surface area contributed by atoms with E-state index >= 15 is 0 Å². The van der Waals surface area contributed by atoms with E-state index in [1.807, 2.05) is 63.9 Å². The van der Waals surface area contributed by atoms with Gasteiger partial charge in [-0.15, -0.1) is 0 Å². The monoisotopic (exact) mass is 372 g/mol. The van der Waals surface area contributed by atoms with Crippen LogP contribution in [0, 0.1) is 11.3 Å². The van der Waals surface area contributed by atoms with Crippen molar-refractivity contribution in [1.82, 2.24) is 0 Å². The van der Waals surface area contributed by atoms with Gasteiger partial charge in [-0.3, -0.25) is 4.79 Å². The summed E-state index contributed by atoms with van der Waals surface area (Å²) in [6.07, 6.45) is 0.647. The minimum absolute atomic E-state index is 0.178. The topological polar surface area (TPSA) is 71.8 Å². The SMILES string of the molecule is COC(=O)CC(B1OC(C)(C)C(C)(C)O1)c1ccc(N(C)CCC#N)cc1. The van der Waals surface area contributed by atoms with Gasteiger partial charge >= 0.3 is 13.1 Å². The molecule has 1 saturated heterocycles. The van der Waals surface area contributed by atoms with E-state index in [0.717, 1.165) is 11.3 Å². The highest BCUT2D eigenvalue weighted by atomic mass is 16.7. The van der Waals surface area contributed by atoms with Crippen LogP contribution < -0.4 is 4.90 Å². The van der Waals surface area contributed by atoms with Gasteiger partial charge in [0.25, 0.3) is 0 Å². The number of carbonyl (C=O) groups excluding carboxylic acids is 1. The molecule has 1 atom stereocenters. The Morgan fingerprint density at radius 3 is 2.26 bits per heavy atom. The van der Waals surface area contributed by atoms with Crippen LogP contribution in [-0.2, 0) is 18.8 Å². The van der Waals surface area contributed by atoms with Gasteiger partial charge in [-0.05, 0) is 45.4 Å².